The van der Waals surface area contributed by atoms with Gasteiger partial charge in [-0.1, -0.05) is 24.3 Å². The van der Waals surface area contributed by atoms with Gasteiger partial charge in [0.1, 0.15) is 11.6 Å². The quantitative estimate of drug-likeness (QED) is 0.706. The molecule has 1 amide bonds. The minimum absolute atomic E-state index is 0.263. The molecule has 0 unspecified atom stereocenters. The Labute approximate surface area is 175 Å². The lowest BCUT2D eigenvalue weighted by Crippen LogP contribution is -2.28. The second kappa shape index (κ2) is 8.75. The smallest absolute Gasteiger partial charge is 0.251 e. The molecule has 1 aromatic heterocycles. The SMILES string of the molecule is Cc1ccc(CN2CCc3nnc(CNC(=O)c4cccc(F)c4)n3CC2)cc1C. The summed E-state index contributed by atoms with van der Waals surface area (Å²) in [6, 6.07) is 12.3. The summed E-state index contributed by atoms with van der Waals surface area (Å²) in [6.45, 7) is 8.03. The van der Waals surface area contributed by atoms with Crippen molar-refractivity contribution in [2.45, 2.75) is 39.9 Å². The van der Waals surface area contributed by atoms with Crippen LogP contribution in [0.2, 0.25) is 0 Å². The van der Waals surface area contributed by atoms with Crippen LogP contribution in [0, 0.1) is 19.7 Å². The Balaban J connectivity index is 1.37. The molecule has 1 aliphatic rings. The minimum atomic E-state index is -0.428. The first-order chi connectivity index (χ1) is 14.5. The minimum Gasteiger partial charge on any atom is -0.345 e. The Hall–Kier alpha value is -3.06. The monoisotopic (exact) mass is 407 g/mol. The fourth-order valence-corrected chi connectivity index (χ4v) is 3.77. The molecule has 0 bridgehead atoms. The molecule has 0 fully saturated rings. The first kappa shape index (κ1) is 20.2. The summed E-state index contributed by atoms with van der Waals surface area (Å²) in [7, 11) is 0. The van der Waals surface area contributed by atoms with Crippen molar-refractivity contribution in [2.75, 3.05) is 13.1 Å². The summed E-state index contributed by atoms with van der Waals surface area (Å²) in [5.74, 6) is 0.912. The molecule has 0 atom stereocenters. The van der Waals surface area contributed by atoms with E-state index in [1.807, 2.05) is 0 Å². The van der Waals surface area contributed by atoms with Crippen molar-refractivity contribution >= 4 is 5.91 Å². The predicted octanol–water partition coefficient (Wildman–Crippen LogP) is 3.02. The molecule has 7 heteroatoms. The van der Waals surface area contributed by atoms with Crippen LogP contribution in [0.5, 0.6) is 0 Å². The van der Waals surface area contributed by atoms with Crippen LogP contribution in [0.4, 0.5) is 4.39 Å². The van der Waals surface area contributed by atoms with Gasteiger partial charge >= 0.3 is 0 Å². The van der Waals surface area contributed by atoms with E-state index in [1.54, 1.807) is 6.07 Å². The fourth-order valence-electron chi connectivity index (χ4n) is 3.77. The second-order valence-electron chi connectivity index (χ2n) is 7.82. The molecule has 0 spiro atoms. The van der Waals surface area contributed by atoms with E-state index >= 15 is 0 Å². The summed E-state index contributed by atoms with van der Waals surface area (Å²) in [6.07, 6.45) is 0.815. The van der Waals surface area contributed by atoms with Crippen LogP contribution in [0.25, 0.3) is 0 Å². The molecule has 156 valence electrons. The molecule has 0 saturated carbocycles. The number of amides is 1. The number of hydrogen-bond donors (Lipinski definition) is 1. The number of aryl methyl sites for hydroxylation is 2. The highest BCUT2D eigenvalue weighted by molar-refractivity contribution is 5.94. The van der Waals surface area contributed by atoms with E-state index in [0.717, 1.165) is 44.2 Å². The number of hydrogen-bond acceptors (Lipinski definition) is 4. The maximum absolute atomic E-state index is 13.3. The summed E-state index contributed by atoms with van der Waals surface area (Å²) < 4.78 is 15.4. The highest BCUT2D eigenvalue weighted by Crippen LogP contribution is 2.15. The molecule has 2 heterocycles. The zero-order valence-corrected chi connectivity index (χ0v) is 17.4. The summed E-state index contributed by atoms with van der Waals surface area (Å²) in [4.78, 5) is 14.7. The lowest BCUT2D eigenvalue weighted by atomic mass is 10.1. The van der Waals surface area contributed by atoms with Crippen LogP contribution in [0.3, 0.4) is 0 Å². The maximum atomic E-state index is 13.3. The third kappa shape index (κ3) is 4.57. The number of rotatable bonds is 5. The Morgan fingerprint density at radius 3 is 2.73 bits per heavy atom. The maximum Gasteiger partial charge on any atom is 0.251 e. The molecule has 6 nitrogen and oxygen atoms in total. The van der Waals surface area contributed by atoms with Crippen LogP contribution in [-0.4, -0.2) is 38.7 Å². The average Bonchev–Trinajstić information content (AvgIpc) is 3.01. The van der Waals surface area contributed by atoms with Crippen molar-refractivity contribution in [3.63, 3.8) is 0 Å². The lowest BCUT2D eigenvalue weighted by molar-refractivity contribution is 0.0949. The van der Waals surface area contributed by atoms with Crippen LogP contribution in [-0.2, 0) is 26.1 Å². The molecule has 1 aliphatic heterocycles. The molecule has 0 radical (unpaired) electrons. The molecule has 2 aromatic carbocycles. The van der Waals surface area contributed by atoms with Crippen molar-refractivity contribution in [2.24, 2.45) is 0 Å². The number of carbonyl (C=O) groups excluding carboxylic acids is 1. The van der Waals surface area contributed by atoms with Gasteiger partial charge in [0.15, 0.2) is 5.82 Å². The number of benzene rings is 2. The van der Waals surface area contributed by atoms with E-state index in [-0.39, 0.29) is 12.5 Å². The third-order valence-electron chi connectivity index (χ3n) is 5.67. The highest BCUT2D eigenvalue weighted by atomic mass is 19.1. The van der Waals surface area contributed by atoms with E-state index in [9.17, 15) is 9.18 Å². The second-order valence-corrected chi connectivity index (χ2v) is 7.82. The van der Waals surface area contributed by atoms with Gasteiger partial charge in [0.2, 0.25) is 0 Å². The molecule has 0 saturated heterocycles. The first-order valence-electron chi connectivity index (χ1n) is 10.2. The molecular weight excluding hydrogens is 381 g/mol. The van der Waals surface area contributed by atoms with Gasteiger partial charge in [0.25, 0.3) is 5.91 Å². The number of nitrogens with zero attached hydrogens (tertiary/aromatic N) is 4. The van der Waals surface area contributed by atoms with Gasteiger partial charge in [0, 0.05) is 38.2 Å². The summed E-state index contributed by atoms with van der Waals surface area (Å²) in [5.41, 5.74) is 4.24. The van der Waals surface area contributed by atoms with E-state index in [4.69, 9.17) is 0 Å². The van der Waals surface area contributed by atoms with Gasteiger partial charge in [-0.25, -0.2) is 4.39 Å². The number of fused-ring (bicyclic) bond motifs is 1. The molecule has 0 aliphatic carbocycles. The number of aromatic nitrogens is 3. The molecule has 1 N–H and O–H groups in total. The van der Waals surface area contributed by atoms with Gasteiger partial charge in [-0.05, 0) is 48.7 Å². The fraction of sp³-hybridized carbons (Fsp3) is 0.348. The summed E-state index contributed by atoms with van der Waals surface area (Å²) >= 11 is 0. The van der Waals surface area contributed by atoms with Gasteiger partial charge in [-0.3, -0.25) is 9.69 Å². The Bertz CT molecular complexity index is 1060. The van der Waals surface area contributed by atoms with Gasteiger partial charge < -0.3 is 9.88 Å². The third-order valence-corrected chi connectivity index (χ3v) is 5.67. The highest BCUT2D eigenvalue weighted by Gasteiger charge is 2.19. The van der Waals surface area contributed by atoms with Crippen LogP contribution in [0.1, 0.15) is 38.7 Å². The van der Waals surface area contributed by atoms with E-state index in [2.05, 4.69) is 57.0 Å². The zero-order valence-electron chi connectivity index (χ0n) is 17.4. The van der Waals surface area contributed by atoms with Crippen molar-refractivity contribution < 1.29 is 9.18 Å². The number of nitrogens with one attached hydrogen (secondary N) is 1. The van der Waals surface area contributed by atoms with E-state index in [1.165, 1.54) is 34.9 Å². The Morgan fingerprint density at radius 1 is 1.07 bits per heavy atom. The molecular formula is C23H26FN5O. The molecule has 30 heavy (non-hydrogen) atoms. The van der Waals surface area contributed by atoms with Crippen LogP contribution >= 0.6 is 0 Å². The normalized spacial score (nSPS) is 14.2. The van der Waals surface area contributed by atoms with Crippen molar-refractivity contribution in [1.29, 1.82) is 0 Å². The van der Waals surface area contributed by atoms with Crippen LogP contribution in [0.15, 0.2) is 42.5 Å². The van der Waals surface area contributed by atoms with Gasteiger partial charge in [-0.15, -0.1) is 10.2 Å². The molecule has 4 rings (SSSR count). The van der Waals surface area contributed by atoms with Crippen LogP contribution < -0.4 is 5.32 Å². The van der Waals surface area contributed by atoms with Crippen molar-refractivity contribution in [1.82, 2.24) is 25.0 Å². The average molecular weight is 407 g/mol. The standard InChI is InChI=1S/C23H26FN5O/c1-16-6-7-18(12-17(16)2)15-28-9-8-21-26-27-22(29(21)11-10-28)14-25-23(30)19-4-3-5-20(24)13-19/h3-7,12-13H,8-11,14-15H2,1-2H3,(H,25,30). The Kier molecular flexibility index (Phi) is 5.90. The van der Waals surface area contributed by atoms with E-state index < -0.39 is 5.82 Å². The lowest BCUT2D eigenvalue weighted by Gasteiger charge is -2.20. The van der Waals surface area contributed by atoms with Crippen molar-refractivity contribution in [3.8, 4) is 0 Å². The van der Waals surface area contributed by atoms with Crippen molar-refractivity contribution in [3.05, 3.63) is 82.2 Å². The first-order valence-corrected chi connectivity index (χ1v) is 10.2. The predicted molar refractivity (Wildman–Crippen MR) is 112 cm³/mol. The molecule has 3 aromatic rings. The number of halogens is 1. The largest absolute Gasteiger partial charge is 0.345 e. The van der Waals surface area contributed by atoms with Gasteiger partial charge in [-0.2, -0.15) is 0 Å². The van der Waals surface area contributed by atoms with Gasteiger partial charge in [0.05, 0.1) is 6.54 Å². The van der Waals surface area contributed by atoms with E-state index in [0.29, 0.717) is 5.56 Å². The zero-order chi connectivity index (χ0) is 21.1. The topological polar surface area (TPSA) is 63.1 Å². The summed E-state index contributed by atoms with van der Waals surface area (Å²) in [5, 5.41) is 11.4. The number of carbonyl (C=O) groups is 1. The Morgan fingerprint density at radius 2 is 1.93 bits per heavy atom.